The van der Waals surface area contributed by atoms with E-state index in [1.807, 2.05) is 12.1 Å². The summed E-state index contributed by atoms with van der Waals surface area (Å²) >= 11 is 0. The summed E-state index contributed by atoms with van der Waals surface area (Å²) in [6.45, 7) is 7.86. The Balaban J connectivity index is 2.60. The third kappa shape index (κ3) is 5.94. The smallest absolute Gasteiger partial charge is 0.191 e. The van der Waals surface area contributed by atoms with E-state index in [0.29, 0.717) is 18.3 Å². The summed E-state index contributed by atoms with van der Waals surface area (Å²) in [4.78, 5) is 4.57. The van der Waals surface area contributed by atoms with Crippen molar-refractivity contribution in [3.8, 4) is 11.5 Å². The monoisotopic (exact) mass is 293 g/mol. The number of phenols is 1. The maximum absolute atomic E-state index is 9.57. The van der Waals surface area contributed by atoms with Crippen molar-refractivity contribution in [2.24, 2.45) is 4.99 Å². The number of methoxy groups -OCH3 is 1. The molecule has 0 radical (unpaired) electrons. The Morgan fingerprint density at radius 1 is 1.38 bits per heavy atom. The van der Waals surface area contributed by atoms with E-state index in [9.17, 15) is 5.11 Å². The molecule has 0 spiro atoms. The van der Waals surface area contributed by atoms with E-state index in [0.717, 1.165) is 30.9 Å². The summed E-state index contributed by atoms with van der Waals surface area (Å²) in [6, 6.07) is 5.79. The van der Waals surface area contributed by atoms with Gasteiger partial charge in [-0.2, -0.15) is 0 Å². The van der Waals surface area contributed by atoms with Crippen molar-refractivity contribution in [3.05, 3.63) is 23.8 Å². The highest BCUT2D eigenvalue weighted by atomic mass is 16.5. The summed E-state index contributed by atoms with van der Waals surface area (Å²) in [5.41, 5.74) is 1.09. The molecule has 5 nitrogen and oxygen atoms in total. The van der Waals surface area contributed by atoms with Crippen LogP contribution in [-0.4, -0.2) is 37.3 Å². The molecule has 21 heavy (non-hydrogen) atoms. The summed E-state index contributed by atoms with van der Waals surface area (Å²) in [7, 11) is 1.55. The van der Waals surface area contributed by atoms with Crippen molar-refractivity contribution >= 4 is 5.96 Å². The molecule has 1 rings (SSSR count). The number of nitrogens with one attached hydrogen (secondary N) is 2. The average molecular weight is 293 g/mol. The molecular formula is C16H27N3O2. The number of hydrogen-bond acceptors (Lipinski definition) is 3. The van der Waals surface area contributed by atoms with Crippen molar-refractivity contribution in [1.29, 1.82) is 0 Å². The number of aromatic hydroxyl groups is 1. The van der Waals surface area contributed by atoms with Gasteiger partial charge in [-0.1, -0.05) is 13.0 Å². The molecule has 0 aliphatic heterocycles. The summed E-state index contributed by atoms with van der Waals surface area (Å²) in [5.74, 6) is 1.51. The van der Waals surface area contributed by atoms with E-state index >= 15 is 0 Å². The quantitative estimate of drug-likeness (QED) is 0.533. The van der Waals surface area contributed by atoms with E-state index in [-0.39, 0.29) is 5.75 Å². The third-order valence-corrected chi connectivity index (χ3v) is 3.25. The molecule has 0 aliphatic carbocycles. The Labute approximate surface area is 127 Å². The van der Waals surface area contributed by atoms with E-state index in [2.05, 4.69) is 36.4 Å². The van der Waals surface area contributed by atoms with Gasteiger partial charge in [0.1, 0.15) is 0 Å². The van der Waals surface area contributed by atoms with Crippen molar-refractivity contribution in [2.45, 2.75) is 39.7 Å². The van der Waals surface area contributed by atoms with Crippen molar-refractivity contribution in [1.82, 2.24) is 10.6 Å². The minimum Gasteiger partial charge on any atom is -0.504 e. The number of benzene rings is 1. The normalized spacial score (nSPS) is 12.9. The van der Waals surface area contributed by atoms with Crippen LogP contribution in [0.4, 0.5) is 0 Å². The molecule has 5 heteroatoms. The van der Waals surface area contributed by atoms with Crippen LogP contribution in [0.25, 0.3) is 0 Å². The topological polar surface area (TPSA) is 65.9 Å². The van der Waals surface area contributed by atoms with Crippen LogP contribution in [0.2, 0.25) is 0 Å². The summed E-state index contributed by atoms with van der Waals surface area (Å²) in [5, 5.41) is 16.2. The molecule has 0 fully saturated rings. The zero-order valence-electron chi connectivity index (χ0n) is 13.4. The Morgan fingerprint density at radius 2 is 2.14 bits per heavy atom. The molecular weight excluding hydrogens is 266 g/mol. The first-order valence-corrected chi connectivity index (χ1v) is 7.51. The van der Waals surface area contributed by atoms with Gasteiger partial charge in [0.2, 0.25) is 0 Å². The number of guanidine groups is 1. The lowest BCUT2D eigenvalue weighted by Gasteiger charge is -2.16. The van der Waals surface area contributed by atoms with Crippen LogP contribution >= 0.6 is 0 Å². The fraction of sp³-hybridized carbons (Fsp3) is 0.562. The van der Waals surface area contributed by atoms with Gasteiger partial charge in [0.05, 0.1) is 7.11 Å². The maximum atomic E-state index is 9.57. The predicted octanol–water partition coefficient (Wildman–Crippen LogP) is 2.30. The second-order valence-electron chi connectivity index (χ2n) is 4.97. The van der Waals surface area contributed by atoms with Crippen LogP contribution in [-0.2, 0) is 6.42 Å². The lowest BCUT2D eigenvalue weighted by Crippen LogP contribution is -2.42. The molecule has 3 N–H and O–H groups in total. The van der Waals surface area contributed by atoms with E-state index < -0.39 is 0 Å². The van der Waals surface area contributed by atoms with Gasteiger partial charge in [0, 0.05) is 19.1 Å². The second kappa shape index (κ2) is 9.10. The lowest BCUT2D eigenvalue weighted by molar-refractivity contribution is 0.373. The van der Waals surface area contributed by atoms with Gasteiger partial charge in [-0.3, -0.25) is 4.99 Å². The van der Waals surface area contributed by atoms with Gasteiger partial charge < -0.3 is 20.5 Å². The number of nitrogens with zero attached hydrogens (tertiary/aromatic N) is 1. The van der Waals surface area contributed by atoms with Crippen molar-refractivity contribution in [2.75, 3.05) is 20.2 Å². The first-order chi connectivity index (χ1) is 10.1. The van der Waals surface area contributed by atoms with Crippen LogP contribution in [0.1, 0.15) is 32.8 Å². The molecule has 0 amide bonds. The van der Waals surface area contributed by atoms with Gasteiger partial charge in [0.15, 0.2) is 17.5 Å². The number of aliphatic imine (C=N–C) groups is 1. The van der Waals surface area contributed by atoms with Gasteiger partial charge >= 0.3 is 0 Å². The zero-order chi connectivity index (χ0) is 15.7. The molecule has 0 saturated carbocycles. The highest BCUT2D eigenvalue weighted by Crippen LogP contribution is 2.26. The number of hydrogen-bond donors (Lipinski definition) is 3. The van der Waals surface area contributed by atoms with Gasteiger partial charge in [0.25, 0.3) is 0 Å². The number of rotatable bonds is 7. The zero-order valence-corrected chi connectivity index (χ0v) is 13.4. The molecule has 1 aromatic carbocycles. The fourth-order valence-corrected chi connectivity index (χ4v) is 1.83. The van der Waals surface area contributed by atoms with E-state index in [4.69, 9.17) is 4.74 Å². The molecule has 0 heterocycles. The first-order valence-electron chi connectivity index (χ1n) is 7.51. The van der Waals surface area contributed by atoms with Crippen LogP contribution in [0, 0.1) is 0 Å². The highest BCUT2D eigenvalue weighted by Gasteiger charge is 2.04. The SMILES string of the molecule is CCNC(=NCCc1ccc(O)c(OC)c1)NC(C)CC. The second-order valence-corrected chi connectivity index (χ2v) is 4.97. The molecule has 1 atom stereocenters. The number of ether oxygens (including phenoxy) is 1. The molecule has 1 aromatic rings. The number of phenolic OH excluding ortho intramolecular Hbond substituents is 1. The highest BCUT2D eigenvalue weighted by molar-refractivity contribution is 5.80. The van der Waals surface area contributed by atoms with E-state index in [1.165, 1.54) is 0 Å². The van der Waals surface area contributed by atoms with Crippen molar-refractivity contribution in [3.63, 3.8) is 0 Å². The standard InChI is InChI=1S/C16H27N3O2/c1-5-12(3)19-16(17-6-2)18-10-9-13-7-8-14(20)15(11-13)21-4/h7-8,11-12,20H,5-6,9-10H2,1-4H3,(H2,17,18,19). The lowest BCUT2D eigenvalue weighted by atomic mass is 10.1. The maximum Gasteiger partial charge on any atom is 0.191 e. The van der Waals surface area contributed by atoms with Crippen LogP contribution in [0.5, 0.6) is 11.5 Å². The first kappa shape index (κ1) is 17.1. The minimum absolute atomic E-state index is 0.163. The molecule has 118 valence electrons. The third-order valence-electron chi connectivity index (χ3n) is 3.25. The molecule has 1 unspecified atom stereocenters. The summed E-state index contributed by atoms with van der Waals surface area (Å²) < 4.78 is 5.11. The van der Waals surface area contributed by atoms with E-state index in [1.54, 1.807) is 13.2 Å². The Morgan fingerprint density at radius 3 is 2.76 bits per heavy atom. The fourth-order valence-electron chi connectivity index (χ4n) is 1.83. The Bertz CT molecular complexity index is 461. The van der Waals surface area contributed by atoms with Crippen LogP contribution < -0.4 is 15.4 Å². The van der Waals surface area contributed by atoms with Gasteiger partial charge in [-0.25, -0.2) is 0 Å². The Hall–Kier alpha value is -1.91. The largest absolute Gasteiger partial charge is 0.504 e. The Kier molecular flexibility index (Phi) is 7.43. The molecule has 0 bridgehead atoms. The molecule has 0 aliphatic rings. The van der Waals surface area contributed by atoms with Crippen LogP contribution in [0.15, 0.2) is 23.2 Å². The molecule has 0 aromatic heterocycles. The predicted molar refractivity (Wildman–Crippen MR) is 87.2 cm³/mol. The minimum atomic E-state index is 0.163. The van der Waals surface area contributed by atoms with Crippen LogP contribution in [0.3, 0.4) is 0 Å². The van der Waals surface area contributed by atoms with Gasteiger partial charge in [-0.15, -0.1) is 0 Å². The van der Waals surface area contributed by atoms with Crippen molar-refractivity contribution < 1.29 is 9.84 Å². The van der Waals surface area contributed by atoms with Gasteiger partial charge in [-0.05, 0) is 44.4 Å². The molecule has 0 saturated heterocycles. The summed E-state index contributed by atoms with van der Waals surface area (Å²) in [6.07, 6.45) is 1.85. The average Bonchev–Trinajstić information content (AvgIpc) is 2.48.